The number of nitrogens with one attached hydrogen (secondary N) is 3. The first-order valence-electron chi connectivity index (χ1n) is 25.6. The molecule has 23 heteroatoms. The quantitative estimate of drug-likeness (QED) is 0.106. The number of anilines is 6. The first-order chi connectivity index (χ1) is 38.8. The summed E-state index contributed by atoms with van der Waals surface area (Å²) in [6, 6.07) is 29.5. The van der Waals surface area contributed by atoms with E-state index >= 15 is 0 Å². The van der Waals surface area contributed by atoms with Gasteiger partial charge in [0.25, 0.3) is 0 Å². The Hall–Kier alpha value is -6.97. The van der Waals surface area contributed by atoms with Crippen LogP contribution in [-0.2, 0) is 4.79 Å². The van der Waals surface area contributed by atoms with Gasteiger partial charge in [0, 0.05) is 102 Å². The molecule has 3 N–H and O–H groups in total. The van der Waals surface area contributed by atoms with Crippen LogP contribution in [0.4, 0.5) is 32.8 Å². The number of fused-ring (bicyclic) bond motifs is 3. The number of benzene rings is 3. The molecule has 0 aliphatic carbocycles. The lowest BCUT2D eigenvalue weighted by Gasteiger charge is -2.37. The number of nitrogens with zero attached hydrogens (tertiary/aromatic N) is 12. The lowest BCUT2D eigenvalue weighted by atomic mass is 10.2. The summed E-state index contributed by atoms with van der Waals surface area (Å²) in [6.07, 6.45) is 5.33. The van der Waals surface area contributed by atoms with Gasteiger partial charge in [0.15, 0.2) is 15.4 Å². The van der Waals surface area contributed by atoms with Gasteiger partial charge in [-0.3, -0.25) is 0 Å². The highest BCUT2D eigenvalue weighted by atomic mass is 35.5. The van der Waals surface area contributed by atoms with E-state index in [9.17, 15) is 0 Å². The van der Waals surface area contributed by atoms with E-state index in [2.05, 4.69) is 145 Å². The molecule has 0 radical (unpaired) electrons. The van der Waals surface area contributed by atoms with Gasteiger partial charge >= 0.3 is 0 Å². The van der Waals surface area contributed by atoms with Crippen molar-refractivity contribution in [2.45, 2.75) is 13.8 Å². The minimum absolute atomic E-state index is 0.686. The molecule has 6 aromatic heterocycles. The third-order valence-electron chi connectivity index (χ3n) is 13.3. The maximum absolute atomic E-state index is 8.00. The number of aryl methyl sites for hydroxylation is 2. The van der Waals surface area contributed by atoms with E-state index in [-0.39, 0.29) is 0 Å². The molecule has 3 saturated heterocycles. The normalized spacial score (nSPS) is 14.4. The van der Waals surface area contributed by atoms with E-state index in [0.717, 1.165) is 155 Å². The van der Waals surface area contributed by atoms with Gasteiger partial charge in [-0.15, -0.1) is 0 Å². The summed E-state index contributed by atoms with van der Waals surface area (Å²) in [5, 5.41) is 15.4. The summed E-state index contributed by atoms with van der Waals surface area (Å²) in [7, 11) is 0. The maximum atomic E-state index is 8.00. The van der Waals surface area contributed by atoms with E-state index < -0.39 is 0 Å². The van der Waals surface area contributed by atoms with E-state index in [1.54, 1.807) is 52.6 Å². The predicted octanol–water partition coefficient (Wildman–Crippen LogP) is 13.2. The highest BCUT2D eigenvalue weighted by Gasteiger charge is 2.24. The Balaban J connectivity index is 0.000000143. The Bertz CT molecular complexity index is 3240. The molecule has 3 aliphatic rings. The monoisotopic (exact) mass is 1210 g/mol. The molecule has 3 fully saturated rings. The van der Waals surface area contributed by atoms with Crippen molar-refractivity contribution in [1.82, 2.24) is 44.6 Å². The Labute approximate surface area is 497 Å². The second kappa shape index (κ2) is 27.0. The number of pyridine rings is 3. The van der Waals surface area contributed by atoms with Gasteiger partial charge in [-0.05, 0) is 104 Å². The Morgan fingerprint density at radius 2 is 0.738 bits per heavy atom. The molecule has 0 unspecified atom stereocenters. The number of halogens is 4. The van der Waals surface area contributed by atoms with Crippen molar-refractivity contribution in [3.63, 3.8) is 0 Å². The molecular weight excluding hydrogens is 1150 g/mol. The molecule has 414 valence electrons. The fourth-order valence-corrected chi connectivity index (χ4v) is 13.0. The molecule has 0 spiro atoms. The molecule has 9 heterocycles. The minimum Gasteiger partial charge on any atom is -0.355 e. The SMILES string of the molecule is C=C(Nc1nc2ccc(C)cc2s1)N1CCN(c2ncccc2Cl)CC1.C=C(Nc1nc2ccc(C)cc2s1)N1CCN(c2ncccc2Cl)CC1.C=C(Nc1nc2ccc(Cl)cc2s1)N1CCN(c2ncccc2Cl)CC1.C=O. The van der Waals surface area contributed by atoms with Crippen molar-refractivity contribution in [1.29, 1.82) is 0 Å². The molecule has 0 atom stereocenters. The number of hydrogen-bond acceptors (Lipinski definition) is 19. The van der Waals surface area contributed by atoms with Crippen LogP contribution >= 0.6 is 80.4 Å². The summed E-state index contributed by atoms with van der Waals surface area (Å²) in [4.78, 5) is 48.4. The standard InChI is InChI=1S/2C19H20ClN5S.C18H17Cl2N5S.CH2O/c2*1-13-5-6-16-17(12-13)26-19(23-16)22-14(2)24-8-10-25(11-9-24)18-15(20)4-3-7-21-18;1-12(22-18-23-15-5-4-13(19)11-16(15)26-18)24-7-9-25(10-8-24)17-14(20)3-2-6-21-17;1-2/h2*3-7,12H,2,8-11H2,1H3,(H,22,23);2-6,11H,1,7-10H2,(H,22,23);1H2. The van der Waals surface area contributed by atoms with E-state index in [1.807, 2.05) is 61.4 Å². The lowest BCUT2D eigenvalue weighted by molar-refractivity contribution is -0.0980. The Morgan fingerprint density at radius 3 is 1.05 bits per heavy atom. The number of rotatable bonds is 12. The largest absolute Gasteiger partial charge is 0.355 e. The third kappa shape index (κ3) is 14.5. The van der Waals surface area contributed by atoms with Crippen LogP contribution in [-0.4, -0.2) is 130 Å². The zero-order valence-corrected chi connectivity index (χ0v) is 49.7. The molecule has 12 rings (SSSR count). The van der Waals surface area contributed by atoms with Gasteiger partial charge in [-0.1, -0.05) is 112 Å². The Kier molecular flexibility index (Phi) is 19.5. The molecule has 3 aromatic carbocycles. The molecule has 0 saturated carbocycles. The summed E-state index contributed by atoms with van der Waals surface area (Å²) < 4.78 is 3.44. The number of thiazole rings is 3. The van der Waals surface area contributed by atoms with E-state index in [0.29, 0.717) is 15.1 Å². The fraction of sp³-hybridized carbons (Fsp3) is 0.246. The highest BCUT2D eigenvalue weighted by molar-refractivity contribution is 7.23. The zero-order valence-electron chi connectivity index (χ0n) is 44.2. The van der Waals surface area contributed by atoms with Crippen LogP contribution in [0.2, 0.25) is 20.1 Å². The third-order valence-corrected chi connectivity index (χ3v) is 17.2. The molecule has 0 amide bonds. The van der Waals surface area contributed by atoms with Gasteiger partial charge < -0.3 is 50.1 Å². The zero-order chi connectivity index (χ0) is 56.3. The van der Waals surface area contributed by atoms with Gasteiger partial charge in [-0.25, -0.2) is 29.9 Å². The molecule has 16 nitrogen and oxygen atoms in total. The van der Waals surface area contributed by atoms with Crippen molar-refractivity contribution in [2.75, 3.05) is 109 Å². The molecule has 0 bridgehead atoms. The van der Waals surface area contributed by atoms with Crippen LogP contribution in [0.15, 0.2) is 147 Å². The second-order valence-corrected chi connectivity index (χ2v) is 23.4. The summed E-state index contributed by atoms with van der Waals surface area (Å²) in [5.74, 6) is 5.17. The van der Waals surface area contributed by atoms with Gasteiger partial charge in [0.1, 0.15) is 41.7 Å². The fourth-order valence-electron chi connectivity index (χ4n) is 9.12. The summed E-state index contributed by atoms with van der Waals surface area (Å²) in [5.41, 5.74) is 5.46. The molecule has 9 aromatic rings. The van der Waals surface area contributed by atoms with Crippen molar-refractivity contribution in [3.05, 3.63) is 178 Å². The summed E-state index contributed by atoms with van der Waals surface area (Å²) >= 11 is 29.7. The van der Waals surface area contributed by atoms with E-state index in [1.165, 1.54) is 20.5 Å². The predicted molar refractivity (Wildman–Crippen MR) is 338 cm³/mol. The van der Waals surface area contributed by atoms with Crippen molar-refractivity contribution >= 4 is 151 Å². The second-order valence-electron chi connectivity index (χ2n) is 18.7. The van der Waals surface area contributed by atoms with Crippen molar-refractivity contribution in [3.8, 4) is 0 Å². The van der Waals surface area contributed by atoms with Crippen LogP contribution in [0.25, 0.3) is 30.6 Å². The van der Waals surface area contributed by atoms with Gasteiger partial charge in [0.05, 0.1) is 45.7 Å². The average molecular weight is 1210 g/mol. The number of carbonyl (C=O) groups excluding carboxylic acids is 1. The molecule has 3 aliphatic heterocycles. The number of carbonyl (C=O) groups is 1. The van der Waals surface area contributed by atoms with Crippen LogP contribution in [0, 0.1) is 13.8 Å². The molecular formula is C57H59Cl4N15OS3. The minimum atomic E-state index is 0.686. The van der Waals surface area contributed by atoms with Crippen LogP contribution in [0.5, 0.6) is 0 Å². The maximum Gasteiger partial charge on any atom is 0.189 e. The highest BCUT2D eigenvalue weighted by Crippen LogP contribution is 2.33. The van der Waals surface area contributed by atoms with Crippen LogP contribution < -0.4 is 30.7 Å². The Morgan fingerprint density at radius 1 is 0.438 bits per heavy atom. The number of aromatic nitrogens is 6. The first kappa shape index (κ1) is 57.7. The number of piperazine rings is 3. The first-order valence-corrected chi connectivity index (χ1v) is 29.5. The average Bonchev–Trinajstić information content (AvgIpc) is 4.21. The number of hydrogen-bond donors (Lipinski definition) is 3. The van der Waals surface area contributed by atoms with Crippen LogP contribution in [0.3, 0.4) is 0 Å². The molecule has 80 heavy (non-hydrogen) atoms. The van der Waals surface area contributed by atoms with Crippen LogP contribution in [0.1, 0.15) is 11.1 Å². The van der Waals surface area contributed by atoms with Gasteiger partial charge in [0.2, 0.25) is 0 Å². The topological polar surface area (TPSA) is 150 Å². The summed E-state index contributed by atoms with van der Waals surface area (Å²) in [6.45, 7) is 29.0. The smallest absolute Gasteiger partial charge is 0.189 e. The lowest BCUT2D eigenvalue weighted by Crippen LogP contribution is -2.47. The van der Waals surface area contributed by atoms with Crippen molar-refractivity contribution < 1.29 is 4.79 Å². The van der Waals surface area contributed by atoms with Gasteiger partial charge in [-0.2, -0.15) is 0 Å². The van der Waals surface area contributed by atoms with Crippen molar-refractivity contribution in [2.24, 2.45) is 0 Å². The van der Waals surface area contributed by atoms with E-state index in [4.69, 9.17) is 51.2 Å².